The Kier molecular flexibility index (Phi) is 49.2. The molecule has 12 heteroatoms. The first-order valence-corrected chi connectivity index (χ1v) is 31.3. The van der Waals surface area contributed by atoms with Crippen LogP contribution in [-0.4, -0.2) is 89.2 Å². The molecule has 0 aliphatic carbocycles. The van der Waals surface area contributed by atoms with Crippen molar-refractivity contribution in [2.75, 3.05) is 13.2 Å². The third-order valence-corrected chi connectivity index (χ3v) is 14.0. The molecule has 1 rings (SSSR count). The molecular formula is C65H112O12. The maximum atomic E-state index is 13.1. The van der Waals surface area contributed by atoms with E-state index in [0.717, 1.165) is 96.3 Å². The van der Waals surface area contributed by atoms with Crippen molar-refractivity contribution < 1.29 is 58.2 Å². The second-order valence-electron chi connectivity index (χ2n) is 21.3. The number of carbonyl (C=O) groups excluding carboxylic acids is 3. The predicted molar refractivity (Wildman–Crippen MR) is 312 cm³/mol. The Morgan fingerprint density at radius 1 is 0.442 bits per heavy atom. The lowest BCUT2D eigenvalue weighted by atomic mass is 9.98. The number of carboxylic acids is 1. The van der Waals surface area contributed by atoms with E-state index >= 15 is 0 Å². The summed E-state index contributed by atoms with van der Waals surface area (Å²) in [6, 6.07) is 0. The van der Waals surface area contributed by atoms with E-state index in [9.17, 15) is 34.5 Å². The molecule has 1 aliphatic rings. The molecule has 12 nitrogen and oxygen atoms in total. The summed E-state index contributed by atoms with van der Waals surface area (Å²) in [5, 5.41) is 31.5. The Hall–Kier alpha value is -3.58. The number of carboxylic acid groups (broad SMARTS) is 1. The third-order valence-electron chi connectivity index (χ3n) is 14.0. The Morgan fingerprint density at radius 2 is 0.818 bits per heavy atom. The smallest absolute Gasteiger partial charge is 0.335 e. The van der Waals surface area contributed by atoms with Gasteiger partial charge in [0.2, 0.25) is 0 Å². The average molecular weight is 1090 g/mol. The van der Waals surface area contributed by atoms with Gasteiger partial charge in [-0.25, -0.2) is 4.79 Å². The van der Waals surface area contributed by atoms with Crippen LogP contribution in [0.1, 0.15) is 278 Å². The zero-order chi connectivity index (χ0) is 56.1. The lowest BCUT2D eigenvalue weighted by molar-refractivity contribution is -0.301. The van der Waals surface area contributed by atoms with Crippen LogP contribution in [0.5, 0.6) is 0 Å². The van der Waals surface area contributed by atoms with Gasteiger partial charge in [0.25, 0.3) is 0 Å². The van der Waals surface area contributed by atoms with Crippen molar-refractivity contribution in [2.24, 2.45) is 0 Å². The van der Waals surface area contributed by atoms with Crippen LogP contribution in [0.2, 0.25) is 0 Å². The first-order valence-electron chi connectivity index (χ1n) is 31.3. The van der Waals surface area contributed by atoms with Crippen LogP contribution in [0.25, 0.3) is 0 Å². The van der Waals surface area contributed by atoms with Crippen LogP contribution < -0.4 is 0 Å². The fourth-order valence-corrected chi connectivity index (χ4v) is 9.25. The van der Waals surface area contributed by atoms with Crippen molar-refractivity contribution in [2.45, 2.75) is 314 Å². The molecule has 0 aromatic rings. The van der Waals surface area contributed by atoms with Crippen molar-refractivity contribution in [3.8, 4) is 0 Å². The van der Waals surface area contributed by atoms with E-state index in [1.165, 1.54) is 122 Å². The number of ether oxygens (including phenoxy) is 5. The maximum Gasteiger partial charge on any atom is 0.335 e. The molecular weight excluding hydrogens is 973 g/mol. The molecule has 0 aromatic heterocycles. The number of unbranched alkanes of at least 4 members (excludes halogenated alkanes) is 29. The van der Waals surface area contributed by atoms with Gasteiger partial charge in [0.15, 0.2) is 24.6 Å². The highest BCUT2D eigenvalue weighted by molar-refractivity contribution is 5.74. The van der Waals surface area contributed by atoms with Gasteiger partial charge in [-0.2, -0.15) is 0 Å². The summed E-state index contributed by atoms with van der Waals surface area (Å²) in [5.74, 6) is -3.16. The van der Waals surface area contributed by atoms with Crippen LogP contribution in [0, 0.1) is 0 Å². The minimum atomic E-state index is -1.91. The summed E-state index contributed by atoms with van der Waals surface area (Å²) in [5.41, 5.74) is 0. The lowest BCUT2D eigenvalue weighted by Gasteiger charge is -2.40. The Balaban J connectivity index is 2.67. The van der Waals surface area contributed by atoms with Crippen molar-refractivity contribution in [1.82, 2.24) is 0 Å². The molecule has 1 saturated heterocycles. The van der Waals surface area contributed by atoms with Crippen molar-refractivity contribution >= 4 is 23.9 Å². The molecule has 3 N–H and O–H groups in total. The number of esters is 3. The SMILES string of the molecule is CC/C=C\C/C=C\C/C=C\CCCCCC(=O)OC(COC(=O)CCCCCCCCCCC/C=C\CCCCCCCC)COC1OC(C(=O)O)C(O)C(O)C1OC(=O)CCCCCCC/C=C\CCCCCCCC. The Bertz CT molecular complexity index is 1570. The molecule has 1 aliphatic heterocycles. The van der Waals surface area contributed by atoms with E-state index in [1.807, 2.05) is 0 Å². The number of aliphatic hydroxyl groups is 2. The van der Waals surface area contributed by atoms with Gasteiger partial charge in [-0.15, -0.1) is 0 Å². The zero-order valence-electron chi connectivity index (χ0n) is 49.0. The summed E-state index contributed by atoms with van der Waals surface area (Å²) < 4.78 is 28.4. The van der Waals surface area contributed by atoms with Gasteiger partial charge in [0.1, 0.15) is 18.8 Å². The van der Waals surface area contributed by atoms with Gasteiger partial charge in [0.05, 0.1) is 6.61 Å². The molecule has 0 saturated carbocycles. The van der Waals surface area contributed by atoms with Crippen molar-refractivity contribution in [1.29, 1.82) is 0 Å². The standard InChI is InChI=1S/C65H112O12/c1-4-7-10-13-16-19-22-25-27-28-29-30-32-34-36-39-42-45-48-51-57(66)73-54-56(75-58(67)52-49-46-43-40-37-33-24-21-18-15-12-9-6-3)55-74-65-63(61(70)60(69)62(77-65)64(71)72)76-59(68)53-50-47-44-41-38-35-31-26-23-20-17-14-11-8-5-2/h9,12,18,21,25-27,31,33,37,56,60-63,65,69-70H,4-8,10-11,13-17,19-20,22-24,28-30,32,34-36,38-55H2,1-3H3,(H,71,72)/b12-9-,21-18-,27-25-,31-26-,37-33-. The Morgan fingerprint density at radius 3 is 1.27 bits per heavy atom. The highest BCUT2D eigenvalue weighted by Gasteiger charge is 2.50. The molecule has 444 valence electrons. The number of carbonyl (C=O) groups is 4. The van der Waals surface area contributed by atoms with Gasteiger partial charge >= 0.3 is 23.9 Å². The van der Waals surface area contributed by atoms with Crippen LogP contribution in [0.15, 0.2) is 60.8 Å². The first-order chi connectivity index (χ1) is 37.6. The second kappa shape index (κ2) is 53.1. The zero-order valence-corrected chi connectivity index (χ0v) is 49.0. The molecule has 0 radical (unpaired) electrons. The molecule has 0 aromatic carbocycles. The van der Waals surface area contributed by atoms with Crippen molar-refractivity contribution in [3.63, 3.8) is 0 Å². The third kappa shape index (κ3) is 43.0. The second-order valence-corrected chi connectivity index (χ2v) is 21.3. The van der Waals surface area contributed by atoms with Gasteiger partial charge in [0, 0.05) is 19.3 Å². The van der Waals surface area contributed by atoms with Crippen molar-refractivity contribution in [3.05, 3.63) is 60.8 Å². The fourth-order valence-electron chi connectivity index (χ4n) is 9.25. The van der Waals surface area contributed by atoms with E-state index in [-0.39, 0.29) is 25.9 Å². The van der Waals surface area contributed by atoms with Crippen LogP contribution in [-0.2, 0) is 42.9 Å². The van der Waals surface area contributed by atoms with E-state index < -0.39 is 67.3 Å². The number of allylic oxidation sites excluding steroid dienone is 10. The quantitative estimate of drug-likeness (QED) is 0.0228. The lowest BCUT2D eigenvalue weighted by Crippen LogP contribution is -2.61. The topological polar surface area (TPSA) is 175 Å². The molecule has 6 atom stereocenters. The molecule has 1 heterocycles. The molecule has 0 amide bonds. The van der Waals surface area contributed by atoms with E-state index in [4.69, 9.17) is 23.7 Å². The number of hydrogen-bond acceptors (Lipinski definition) is 11. The molecule has 0 bridgehead atoms. The van der Waals surface area contributed by atoms with E-state index in [0.29, 0.717) is 19.3 Å². The summed E-state index contributed by atoms with van der Waals surface area (Å²) in [4.78, 5) is 51.2. The summed E-state index contributed by atoms with van der Waals surface area (Å²) in [7, 11) is 0. The Labute approximate surface area is 468 Å². The van der Waals surface area contributed by atoms with Gasteiger partial charge in [-0.3, -0.25) is 14.4 Å². The molecule has 0 spiro atoms. The predicted octanol–water partition coefficient (Wildman–Crippen LogP) is 16.3. The minimum absolute atomic E-state index is 0.0469. The van der Waals surface area contributed by atoms with E-state index in [1.54, 1.807) is 0 Å². The summed E-state index contributed by atoms with van der Waals surface area (Å²) >= 11 is 0. The van der Waals surface area contributed by atoms with Crippen LogP contribution >= 0.6 is 0 Å². The average Bonchev–Trinajstić information content (AvgIpc) is 3.42. The summed E-state index contributed by atoms with van der Waals surface area (Å²) in [6.45, 7) is 5.86. The fraction of sp³-hybridized carbons (Fsp3) is 0.785. The normalized spacial score (nSPS) is 18.4. The number of aliphatic hydroxyl groups excluding tert-OH is 2. The largest absolute Gasteiger partial charge is 0.479 e. The van der Waals surface area contributed by atoms with Gasteiger partial charge < -0.3 is 39.0 Å². The maximum absolute atomic E-state index is 13.1. The van der Waals surface area contributed by atoms with Crippen LogP contribution in [0.3, 0.4) is 0 Å². The molecule has 6 unspecified atom stereocenters. The summed E-state index contributed by atoms with van der Waals surface area (Å²) in [6.07, 6.45) is 53.3. The monoisotopic (exact) mass is 1080 g/mol. The highest BCUT2D eigenvalue weighted by atomic mass is 16.7. The van der Waals surface area contributed by atoms with Crippen LogP contribution in [0.4, 0.5) is 0 Å². The number of hydrogen-bond donors (Lipinski definition) is 3. The first kappa shape index (κ1) is 71.4. The van der Waals surface area contributed by atoms with E-state index in [2.05, 4.69) is 81.5 Å². The van der Waals surface area contributed by atoms with Gasteiger partial charge in [-0.1, -0.05) is 216 Å². The highest BCUT2D eigenvalue weighted by Crippen LogP contribution is 2.26. The molecule has 77 heavy (non-hydrogen) atoms. The van der Waals surface area contributed by atoms with Gasteiger partial charge in [-0.05, 0) is 103 Å². The molecule has 1 fully saturated rings. The minimum Gasteiger partial charge on any atom is -0.479 e. The number of aliphatic carboxylic acids is 1. The number of rotatable bonds is 53.